The minimum absolute atomic E-state index is 0.00661. The van der Waals surface area contributed by atoms with Crippen LogP contribution in [0.25, 0.3) is 0 Å². The van der Waals surface area contributed by atoms with Crippen LogP contribution in [0.4, 0.5) is 4.79 Å². The summed E-state index contributed by atoms with van der Waals surface area (Å²) in [4.78, 5) is 43.4. The molecule has 1 aliphatic heterocycles. The van der Waals surface area contributed by atoms with Gasteiger partial charge in [0.05, 0.1) is 0 Å². The molecule has 1 fully saturated rings. The van der Waals surface area contributed by atoms with E-state index in [0.29, 0.717) is 44.1 Å². The number of phenols is 1. The highest BCUT2D eigenvalue weighted by molar-refractivity contribution is 8.13. The van der Waals surface area contributed by atoms with E-state index in [9.17, 15) is 19.5 Å². The number of piperazine rings is 1. The molecule has 1 aromatic carbocycles. The predicted molar refractivity (Wildman–Crippen MR) is 156 cm³/mol. The standard InChI is InChI=1S/C29H48N4O4S/c1-20(26(36)32-14-12-31(9)13-15-32)30-27(37)33(16-17-38-21(2)34)11-10-22-18-23(28(3,4)5)25(35)24(19-22)29(6,7)8/h18-20,35H,10-17H2,1-9H3,(H,30,37)/t20-/m0/s1. The van der Waals surface area contributed by atoms with Crippen LogP contribution in [0, 0.1) is 0 Å². The van der Waals surface area contributed by atoms with Gasteiger partial charge in [-0.25, -0.2) is 4.79 Å². The number of hydrogen-bond donors (Lipinski definition) is 2. The monoisotopic (exact) mass is 548 g/mol. The Kier molecular flexibility index (Phi) is 11.1. The maximum Gasteiger partial charge on any atom is 0.318 e. The fourth-order valence-corrected chi connectivity index (χ4v) is 5.10. The molecule has 1 heterocycles. The van der Waals surface area contributed by atoms with Crippen molar-refractivity contribution in [3.05, 3.63) is 28.8 Å². The summed E-state index contributed by atoms with van der Waals surface area (Å²) >= 11 is 1.19. The van der Waals surface area contributed by atoms with Gasteiger partial charge in [0.25, 0.3) is 0 Å². The molecule has 1 saturated heterocycles. The molecule has 0 unspecified atom stereocenters. The molecule has 0 radical (unpaired) electrons. The van der Waals surface area contributed by atoms with Crippen LogP contribution >= 0.6 is 11.8 Å². The van der Waals surface area contributed by atoms with Crippen molar-refractivity contribution in [1.82, 2.24) is 20.0 Å². The first-order chi connectivity index (χ1) is 17.5. The maximum absolute atomic E-state index is 13.3. The molecule has 1 atom stereocenters. The van der Waals surface area contributed by atoms with Gasteiger partial charge in [0.15, 0.2) is 5.12 Å². The van der Waals surface area contributed by atoms with E-state index in [-0.39, 0.29) is 27.9 Å². The number of phenolic OH excluding ortho intramolecular Hbond substituents is 1. The summed E-state index contributed by atoms with van der Waals surface area (Å²) in [6.07, 6.45) is 0.589. The third-order valence-electron chi connectivity index (χ3n) is 6.94. The molecule has 38 heavy (non-hydrogen) atoms. The number of nitrogens with zero attached hydrogens (tertiary/aromatic N) is 3. The number of likely N-dealkylation sites (N-methyl/N-ethyl adjacent to an activating group) is 1. The van der Waals surface area contributed by atoms with Gasteiger partial charge in [0.1, 0.15) is 11.8 Å². The Morgan fingerprint density at radius 2 is 1.53 bits per heavy atom. The molecule has 0 saturated carbocycles. The highest BCUT2D eigenvalue weighted by atomic mass is 32.2. The molecule has 0 aromatic heterocycles. The van der Waals surface area contributed by atoms with Crippen molar-refractivity contribution in [2.75, 3.05) is 52.1 Å². The topological polar surface area (TPSA) is 93.2 Å². The van der Waals surface area contributed by atoms with Crippen LogP contribution in [-0.4, -0.2) is 95.0 Å². The van der Waals surface area contributed by atoms with Gasteiger partial charge in [-0.2, -0.15) is 0 Å². The first kappa shape index (κ1) is 32.0. The zero-order valence-electron chi connectivity index (χ0n) is 24.8. The van der Waals surface area contributed by atoms with Gasteiger partial charge in [-0.15, -0.1) is 0 Å². The fourth-order valence-electron chi connectivity index (χ4n) is 4.50. The van der Waals surface area contributed by atoms with Crippen LogP contribution in [0.5, 0.6) is 5.75 Å². The molecule has 1 aromatic rings. The van der Waals surface area contributed by atoms with Crippen LogP contribution in [0.3, 0.4) is 0 Å². The number of thioether (sulfide) groups is 1. The van der Waals surface area contributed by atoms with E-state index in [4.69, 9.17) is 0 Å². The van der Waals surface area contributed by atoms with Crippen LogP contribution < -0.4 is 5.32 Å². The van der Waals surface area contributed by atoms with Gasteiger partial charge in [-0.05, 0) is 47.9 Å². The molecule has 3 amide bonds. The lowest BCUT2D eigenvalue weighted by Crippen LogP contribution is -2.55. The molecule has 2 rings (SSSR count). The maximum atomic E-state index is 13.3. The number of urea groups is 1. The van der Waals surface area contributed by atoms with Gasteiger partial charge < -0.3 is 25.1 Å². The molecule has 0 spiro atoms. The molecule has 9 heteroatoms. The largest absolute Gasteiger partial charge is 0.507 e. The Labute approximate surface area is 233 Å². The first-order valence-electron chi connectivity index (χ1n) is 13.5. The van der Waals surface area contributed by atoms with Crippen molar-refractivity contribution in [3.63, 3.8) is 0 Å². The number of carbonyl (C=O) groups excluding carboxylic acids is 3. The SMILES string of the molecule is CC(=O)SCCN(CCc1cc(C(C)(C)C)c(O)c(C(C)(C)C)c1)C(=O)N[C@@H](C)C(=O)N1CCN(C)CC1. The van der Waals surface area contributed by atoms with E-state index < -0.39 is 6.04 Å². The molecular weight excluding hydrogens is 500 g/mol. The summed E-state index contributed by atoms with van der Waals surface area (Å²) < 4.78 is 0. The average Bonchev–Trinajstić information content (AvgIpc) is 2.80. The van der Waals surface area contributed by atoms with Crippen LogP contribution in [0.15, 0.2) is 12.1 Å². The Balaban J connectivity index is 2.20. The Hall–Kier alpha value is -2.26. The molecule has 2 N–H and O–H groups in total. The summed E-state index contributed by atoms with van der Waals surface area (Å²) in [7, 11) is 2.03. The molecular formula is C29H48N4O4S. The van der Waals surface area contributed by atoms with Gasteiger partial charge in [0, 0.05) is 51.9 Å². The summed E-state index contributed by atoms with van der Waals surface area (Å²) in [6, 6.07) is 3.12. The Morgan fingerprint density at radius 3 is 2.00 bits per heavy atom. The summed E-state index contributed by atoms with van der Waals surface area (Å²) in [5, 5.41) is 13.9. The summed E-state index contributed by atoms with van der Waals surface area (Å²) in [5.41, 5.74) is 2.32. The Morgan fingerprint density at radius 1 is 1.00 bits per heavy atom. The lowest BCUT2D eigenvalue weighted by molar-refractivity contribution is -0.134. The fraction of sp³-hybridized carbons (Fsp3) is 0.690. The van der Waals surface area contributed by atoms with Crippen LogP contribution in [0.1, 0.15) is 72.1 Å². The molecule has 214 valence electrons. The number of benzene rings is 1. The van der Waals surface area contributed by atoms with E-state index in [0.717, 1.165) is 29.8 Å². The van der Waals surface area contributed by atoms with Crippen molar-refractivity contribution >= 4 is 28.8 Å². The van der Waals surface area contributed by atoms with E-state index in [1.54, 1.807) is 16.7 Å². The number of carbonyl (C=O) groups is 3. The molecule has 0 bridgehead atoms. The molecule has 8 nitrogen and oxygen atoms in total. The zero-order chi connectivity index (χ0) is 28.8. The third kappa shape index (κ3) is 9.19. The highest BCUT2D eigenvalue weighted by Gasteiger charge is 2.28. The number of hydrogen-bond acceptors (Lipinski definition) is 6. The lowest BCUT2D eigenvalue weighted by Gasteiger charge is -2.34. The van der Waals surface area contributed by atoms with E-state index >= 15 is 0 Å². The molecule has 1 aliphatic rings. The number of amides is 3. The second-order valence-corrected chi connectivity index (χ2v) is 13.7. The van der Waals surface area contributed by atoms with E-state index in [1.807, 2.05) is 19.2 Å². The van der Waals surface area contributed by atoms with Gasteiger partial charge >= 0.3 is 6.03 Å². The smallest absolute Gasteiger partial charge is 0.318 e. The summed E-state index contributed by atoms with van der Waals surface area (Å²) in [5.74, 6) is 0.740. The second kappa shape index (κ2) is 13.2. The van der Waals surface area contributed by atoms with Gasteiger partial charge in [-0.1, -0.05) is 65.4 Å². The van der Waals surface area contributed by atoms with Crippen molar-refractivity contribution < 1.29 is 19.5 Å². The van der Waals surface area contributed by atoms with Crippen molar-refractivity contribution in [2.24, 2.45) is 0 Å². The van der Waals surface area contributed by atoms with E-state index in [1.165, 1.54) is 18.7 Å². The van der Waals surface area contributed by atoms with Crippen molar-refractivity contribution in [3.8, 4) is 5.75 Å². The zero-order valence-corrected chi connectivity index (χ0v) is 25.6. The van der Waals surface area contributed by atoms with E-state index in [2.05, 4.69) is 51.8 Å². The third-order valence-corrected chi connectivity index (χ3v) is 7.73. The second-order valence-electron chi connectivity index (χ2n) is 12.4. The summed E-state index contributed by atoms with van der Waals surface area (Å²) in [6.45, 7) is 19.5. The Bertz CT molecular complexity index is 956. The minimum atomic E-state index is -0.637. The molecule has 0 aliphatic carbocycles. The predicted octanol–water partition coefficient (Wildman–Crippen LogP) is 3.98. The first-order valence-corrected chi connectivity index (χ1v) is 14.5. The normalized spacial score (nSPS) is 15.8. The van der Waals surface area contributed by atoms with Crippen molar-refractivity contribution in [2.45, 2.75) is 78.7 Å². The quantitative estimate of drug-likeness (QED) is 0.511. The van der Waals surface area contributed by atoms with Gasteiger partial charge in [0.2, 0.25) is 5.91 Å². The number of nitrogens with one attached hydrogen (secondary N) is 1. The number of aromatic hydroxyl groups is 1. The van der Waals surface area contributed by atoms with Gasteiger partial charge in [-0.3, -0.25) is 9.59 Å². The average molecular weight is 549 g/mol. The van der Waals surface area contributed by atoms with Crippen LogP contribution in [0.2, 0.25) is 0 Å². The van der Waals surface area contributed by atoms with Crippen LogP contribution in [-0.2, 0) is 26.8 Å². The minimum Gasteiger partial charge on any atom is -0.507 e. The lowest BCUT2D eigenvalue weighted by atomic mass is 9.78. The highest BCUT2D eigenvalue weighted by Crippen LogP contribution is 2.39. The number of rotatable bonds is 8. The van der Waals surface area contributed by atoms with Crippen molar-refractivity contribution in [1.29, 1.82) is 0 Å².